The van der Waals surface area contributed by atoms with Crippen molar-refractivity contribution in [2.45, 2.75) is 44.7 Å². The first-order valence-corrected chi connectivity index (χ1v) is 7.92. The smallest absolute Gasteiger partial charge is 0.0234 e. The average Bonchev–Trinajstić information content (AvgIpc) is 2.50. The molecule has 2 aliphatic rings. The van der Waals surface area contributed by atoms with E-state index in [4.69, 9.17) is 0 Å². The zero-order chi connectivity index (χ0) is 12.9. The molecule has 1 saturated heterocycles. The van der Waals surface area contributed by atoms with Gasteiger partial charge in [-0.3, -0.25) is 9.80 Å². The van der Waals surface area contributed by atoms with Gasteiger partial charge in [-0.05, 0) is 18.4 Å². The lowest BCUT2D eigenvalue weighted by Crippen LogP contribution is -2.50. The van der Waals surface area contributed by atoms with E-state index in [1.54, 1.807) is 0 Å². The van der Waals surface area contributed by atoms with Gasteiger partial charge in [-0.1, -0.05) is 49.6 Å². The van der Waals surface area contributed by atoms with Gasteiger partial charge in [-0.15, -0.1) is 0 Å². The lowest BCUT2D eigenvalue weighted by atomic mass is 9.94. The summed E-state index contributed by atoms with van der Waals surface area (Å²) >= 11 is 0. The van der Waals surface area contributed by atoms with Gasteiger partial charge in [0.15, 0.2) is 0 Å². The zero-order valence-electron chi connectivity index (χ0n) is 11.9. The second kappa shape index (κ2) is 6.53. The van der Waals surface area contributed by atoms with Gasteiger partial charge in [-0.25, -0.2) is 0 Å². The Morgan fingerprint density at radius 1 is 0.842 bits per heavy atom. The number of rotatable bonds is 3. The van der Waals surface area contributed by atoms with Crippen LogP contribution < -0.4 is 0 Å². The third-order valence-electron chi connectivity index (χ3n) is 4.75. The van der Waals surface area contributed by atoms with E-state index in [1.165, 1.54) is 63.8 Å². The monoisotopic (exact) mass is 258 g/mol. The molecule has 0 unspecified atom stereocenters. The third-order valence-corrected chi connectivity index (χ3v) is 4.75. The number of hydrogen-bond donors (Lipinski definition) is 0. The molecule has 104 valence electrons. The van der Waals surface area contributed by atoms with E-state index in [2.05, 4.69) is 40.1 Å². The van der Waals surface area contributed by atoms with Crippen molar-refractivity contribution in [2.24, 2.45) is 0 Å². The lowest BCUT2D eigenvalue weighted by Gasteiger charge is -2.40. The van der Waals surface area contributed by atoms with Gasteiger partial charge < -0.3 is 0 Å². The highest BCUT2D eigenvalue weighted by molar-refractivity contribution is 5.14. The molecule has 0 radical (unpaired) electrons. The minimum atomic E-state index is 0.896. The highest BCUT2D eigenvalue weighted by atomic mass is 15.3. The average molecular weight is 258 g/mol. The summed E-state index contributed by atoms with van der Waals surface area (Å²) in [6, 6.07) is 11.8. The molecule has 3 rings (SSSR count). The molecule has 1 aromatic rings. The van der Waals surface area contributed by atoms with Crippen LogP contribution in [0.2, 0.25) is 0 Å². The van der Waals surface area contributed by atoms with Crippen molar-refractivity contribution in [1.82, 2.24) is 9.80 Å². The van der Waals surface area contributed by atoms with E-state index >= 15 is 0 Å². The number of nitrogens with zero attached hydrogens (tertiary/aromatic N) is 2. The molecule has 1 heterocycles. The fourth-order valence-corrected chi connectivity index (χ4v) is 3.57. The Morgan fingerprint density at radius 2 is 1.53 bits per heavy atom. The second-order valence-electron chi connectivity index (χ2n) is 6.09. The van der Waals surface area contributed by atoms with Gasteiger partial charge in [0, 0.05) is 38.8 Å². The summed E-state index contributed by atoms with van der Waals surface area (Å²) in [7, 11) is 0. The minimum Gasteiger partial charge on any atom is -0.298 e. The minimum absolute atomic E-state index is 0.896. The van der Waals surface area contributed by atoms with Gasteiger partial charge in [-0.2, -0.15) is 0 Å². The summed E-state index contributed by atoms with van der Waals surface area (Å²) in [5.41, 5.74) is 1.45. The molecule has 0 aromatic heterocycles. The van der Waals surface area contributed by atoms with Crippen molar-refractivity contribution >= 4 is 0 Å². The molecule has 0 atom stereocenters. The Bertz CT molecular complexity index is 362. The highest BCUT2D eigenvalue weighted by Crippen LogP contribution is 2.23. The maximum atomic E-state index is 2.75. The van der Waals surface area contributed by atoms with E-state index in [9.17, 15) is 0 Å². The van der Waals surface area contributed by atoms with Crippen molar-refractivity contribution < 1.29 is 0 Å². The van der Waals surface area contributed by atoms with Crippen LogP contribution in [0.4, 0.5) is 0 Å². The second-order valence-corrected chi connectivity index (χ2v) is 6.09. The maximum Gasteiger partial charge on any atom is 0.0234 e. The molecule has 2 nitrogen and oxygen atoms in total. The maximum absolute atomic E-state index is 2.75. The summed E-state index contributed by atoms with van der Waals surface area (Å²) in [5.74, 6) is 0. The van der Waals surface area contributed by atoms with Crippen LogP contribution in [0.25, 0.3) is 0 Å². The topological polar surface area (TPSA) is 6.48 Å². The number of benzene rings is 1. The summed E-state index contributed by atoms with van der Waals surface area (Å²) in [4.78, 5) is 5.36. The van der Waals surface area contributed by atoms with Crippen LogP contribution in [0.3, 0.4) is 0 Å². The molecule has 19 heavy (non-hydrogen) atoms. The molecule has 2 fully saturated rings. The van der Waals surface area contributed by atoms with Gasteiger partial charge >= 0.3 is 0 Å². The molecule has 0 amide bonds. The fraction of sp³-hybridized carbons (Fsp3) is 0.647. The van der Waals surface area contributed by atoms with Crippen LogP contribution in [0.15, 0.2) is 30.3 Å². The molecule has 0 bridgehead atoms. The Labute approximate surface area is 117 Å². The summed E-state index contributed by atoms with van der Waals surface area (Å²) in [5, 5.41) is 0. The molecule has 1 aromatic carbocycles. The van der Waals surface area contributed by atoms with E-state index < -0.39 is 0 Å². The first-order valence-electron chi connectivity index (χ1n) is 7.92. The Morgan fingerprint density at radius 3 is 2.21 bits per heavy atom. The first kappa shape index (κ1) is 13.1. The molecular formula is C17H26N2. The van der Waals surface area contributed by atoms with E-state index in [0.717, 1.165) is 12.6 Å². The number of hydrogen-bond acceptors (Lipinski definition) is 2. The SMILES string of the molecule is c1ccc(CN2CCN(C3CCCCC3)CC2)cc1. The van der Waals surface area contributed by atoms with Crippen LogP contribution in [-0.4, -0.2) is 42.0 Å². The van der Waals surface area contributed by atoms with Crippen molar-refractivity contribution in [3.05, 3.63) is 35.9 Å². The van der Waals surface area contributed by atoms with Crippen molar-refractivity contribution in [1.29, 1.82) is 0 Å². The first-order chi connectivity index (χ1) is 9.42. The predicted octanol–water partition coefficient (Wildman–Crippen LogP) is 3.14. The highest BCUT2D eigenvalue weighted by Gasteiger charge is 2.24. The van der Waals surface area contributed by atoms with Crippen LogP contribution in [0.5, 0.6) is 0 Å². The van der Waals surface area contributed by atoms with Crippen molar-refractivity contribution in [2.75, 3.05) is 26.2 Å². The molecule has 0 N–H and O–H groups in total. The molecule has 2 heteroatoms. The van der Waals surface area contributed by atoms with Gasteiger partial charge in [0.1, 0.15) is 0 Å². The summed E-state index contributed by atoms with van der Waals surface area (Å²) in [6.07, 6.45) is 7.26. The van der Waals surface area contributed by atoms with Crippen LogP contribution in [0, 0.1) is 0 Å². The normalized spacial score (nSPS) is 23.6. The molecule has 0 spiro atoms. The van der Waals surface area contributed by atoms with Crippen molar-refractivity contribution in [3.63, 3.8) is 0 Å². The summed E-state index contributed by atoms with van der Waals surface area (Å²) in [6.45, 7) is 6.16. The predicted molar refractivity (Wildman–Crippen MR) is 80.2 cm³/mol. The standard InChI is InChI=1S/C17H26N2/c1-3-7-16(8-4-1)15-18-11-13-19(14-12-18)17-9-5-2-6-10-17/h1,3-4,7-8,17H,2,5-6,9-15H2. The van der Waals surface area contributed by atoms with Crippen molar-refractivity contribution in [3.8, 4) is 0 Å². The van der Waals surface area contributed by atoms with Crippen LogP contribution >= 0.6 is 0 Å². The van der Waals surface area contributed by atoms with Gasteiger partial charge in [0.05, 0.1) is 0 Å². The Kier molecular flexibility index (Phi) is 4.52. The quantitative estimate of drug-likeness (QED) is 0.822. The number of piperazine rings is 1. The van der Waals surface area contributed by atoms with Crippen LogP contribution in [0.1, 0.15) is 37.7 Å². The molecule has 1 aliphatic heterocycles. The molecule has 1 aliphatic carbocycles. The largest absolute Gasteiger partial charge is 0.298 e. The van der Waals surface area contributed by atoms with E-state index in [-0.39, 0.29) is 0 Å². The summed E-state index contributed by atoms with van der Waals surface area (Å²) < 4.78 is 0. The fourth-order valence-electron chi connectivity index (χ4n) is 3.57. The Hall–Kier alpha value is -0.860. The lowest BCUT2D eigenvalue weighted by molar-refractivity contribution is 0.0755. The van der Waals surface area contributed by atoms with Gasteiger partial charge in [0.25, 0.3) is 0 Å². The van der Waals surface area contributed by atoms with E-state index in [0.29, 0.717) is 0 Å². The van der Waals surface area contributed by atoms with Crippen LogP contribution in [-0.2, 0) is 6.54 Å². The van der Waals surface area contributed by atoms with E-state index in [1.807, 2.05) is 0 Å². The molecular weight excluding hydrogens is 232 g/mol. The molecule has 1 saturated carbocycles. The Balaban J connectivity index is 1.46. The third kappa shape index (κ3) is 3.58. The van der Waals surface area contributed by atoms with Gasteiger partial charge in [0.2, 0.25) is 0 Å². The zero-order valence-corrected chi connectivity index (χ0v) is 11.9.